The first kappa shape index (κ1) is 15.7. The smallest absolute Gasteiger partial charge is 0.238 e. The van der Waals surface area contributed by atoms with Gasteiger partial charge < -0.3 is 11.1 Å². The second-order valence-electron chi connectivity index (χ2n) is 4.83. The lowest BCUT2D eigenvalue weighted by Crippen LogP contribution is -2.37. The number of nitrogens with two attached hydrogens (primary N) is 1. The number of hydrogen-bond donors (Lipinski definition) is 2. The van der Waals surface area contributed by atoms with E-state index in [1.807, 2.05) is 31.2 Å². The standard InChI is InChI=1S/C15H25N3O/c1-3-4-10-18(11-9-16)12-15(19)17-14-7-5-13(2)6-8-14/h5-8H,3-4,9-12,16H2,1-2H3,(H,17,19). The molecule has 0 atom stereocenters. The topological polar surface area (TPSA) is 58.4 Å². The highest BCUT2D eigenvalue weighted by atomic mass is 16.2. The number of benzene rings is 1. The molecule has 0 heterocycles. The molecule has 0 saturated heterocycles. The number of aryl methyl sites for hydroxylation is 1. The van der Waals surface area contributed by atoms with E-state index in [4.69, 9.17) is 5.73 Å². The molecule has 1 aromatic carbocycles. The maximum atomic E-state index is 12.0. The predicted octanol–water partition coefficient (Wildman–Crippen LogP) is 1.99. The Morgan fingerprint density at radius 1 is 1.26 bits per heavy atom. The van der Waals surface area contributed by atoms with Crippen LogP contribution in [-0.2, 0) is 4.79 Å². The van der Waals surface area contributed by atoms with Gasteiger partial charge in [0, 0.05) is 18.8 Å². The van der Waals surface area contributed by atoms with Crippen molar-refractivity contribution < 1.29 is 4.79 Å². The van der Waals surface area contributed by atoms with Crippen molar-refractivity contribution in [3.8, 4) is 0 Å². The van der Waals surface area contributed by atoms with Crippen molar-refractivity contribution in [3.63, 3.8) is 0 Å². The van der Waals surface area contributed by atoms with Crippen molar-refractivity contribution in [1.82, 2.24) is 4.90 Å². The minimum atomic E-state index is 0.0217. The van der Waals surface area contributed by atoms with Crippen LogP contribution < -0.4 is 11.1 Å². The predicted molar refractivity (Wildman–Crippen MR) is 80.2 cm³/mol. The molecular formula is C15H25N3O. The highest BCUT2D eigenvalue weighted by molar-refractivity contribution is 5.92. The monoisotopic (exact) mass is 263 g/mol. The molecule has 4 nitrogen and oxygen atoms in total. The van der Waals surface area contributed by atoms with Crippen molar-refractivity contribution in [2.75, 3.05) is 31.5 Å². The van der Waals surface area contributed by atoms with Crippen molar-refractivity contribution in [2.45, 2.75) is 26.7 Å². The number of anilines is 1. The minimum Gasteiger partial charge on any atom is -0.329 e. The van der Waals surface area contributed by atoms with Gasteiger partial charge >= 0.3 is 0 Å². The van der Waals surface area contributed by atoms with Gasteiger partial charge in [0.05, 0.1) is 6.54 Å². The fourth-order valence-electron chi connectivity index (χ4n) is 1.87. The number of nitrogens with zero attached hydrogens (tertiary/aromatic N) is 1. The van der Waals surface area contributed by atoms with Gasteiger partial charge in [0.1, 0.15) is 0 Å². The highest BCUT2D eigenvalue weighted by Gasteiger charge is 2.09. The molecule has 0 bridgehead atoms. The van der Waals surface area contributed by atoms with E-state index in [-0.39, 0.29) is 5.91 Å². The molecule has 0 aliphatic heterocycles. The molecule has 0 aromatic heterocycles. The van der Waals surface area contributed by atoms with Crippen LogP contribution in [0.15, 0.2) is 24.3 Å². The number of carbonyl (C=O) groups excluding carboxylic acids is 1. The Labute approximate surface area is 116 Å². The van der Waals surface area contributed by atoms with Crippen LogP contribution in [0.25, 0.3) is 0 Å². The van der Waals surface area contributed by atoms with E-state index in [1.54, 1.807) is 0 Å². The number of amides is 1. The molecule has 0 radical (unpaired) electrons. The van der Waals surface area contributed by atoms with E-state index < -0.39 is 0 Å². The summed E-state index contributed by atoms with van der Waals surface area (Å²) < 4.78 is 0. The van der Waals surface area contributed by atoms with Crippen molar-refractivity contribution in [2.24, 2.45) is 5.73 Å². The Bertz CT molecular complexity index is 375. The minimum absolute atomic E-state index is 0.0217. The largest absolute Gasteiger partial charge is 0.329 e. The zero-order chi connectivity index (χ0) is 14.1. The van der Waals surface area contributed by atoms with Gasteiger partial charge in [0.25, 0.3) is 0 Å². The summed E-state index contributed by atoms with van der Waals surface area (Å²) in [7, 11) is 0. The zero-order valence-corrected chi connectivity index (χ0v) is 12.0. The van der Waals surface area contributed by atoms with Gasteiger partial charge in [-0.2, -0.15) is 0 Å². The molecular weight excluding hydrogens is 238 g/mol. The van der Waals surface area contributed by atoms with Gasteiger partial charge in [0.15, 0.2) is 0 Å². The van der Waals surface area contributed by atoms with E-state index in [0.717, 1.165) is 31.6 Å². The zero-order valence-electron chi connectivity index (χ0n) is 12.0. The van der Waals surface area contributed by atoms with Gasteiger partial charge in [-0.25, -0.2) is 0 Å². The van der Waals surface area contributed by atoms with Gasteiger partial charge in [-0.05, 0) is 32.0 Å². The van der Waals surface area contributed by atoms with Crippen LogP contribution in [0.1, 0.15) is 25.3 Å². The Morgan fingerprint density at radius 2 is 1.95 bits per heavy atom. The summed E-state index contributed by atoms with van der Waals surface area (Å²) in [6, 6.07) is 7.83. The van der Waals surface area contributed by atoms with Crippen LogP contribution in [0, 0.1) is 6.92 Å². The molecule has 0 saturated carbocycles. The van der Waals surface area contributed by atoms with Crippen molar-refractivity contribution in [3.05, 3.63) is 29.8 Å². The van der Waals surface area contributed by atoms with Crippen LogP contribution >= 0.6 is 0 Å². The summed E-state index contributed by atoms with van der Waals surface area (Å²) in [6.45, 7) is 6.86. The van der Waals surface area contributed by atoms with E-state index in [0.29, 0.717) is 13.1 Å². The normalized spacial score (nSPS) is 10.7. The lowest BCUT2D eigenvalue weighted by atomic mass is 10.2. The number of unbranched alkanes of at least 4 members (excludes halogenated alkanes) is 1. The molecule has 1 rings (SSSR count). The van der Waals surface area contributed by atoms with Gasteiger partial charge in [-0.3, -0.25) is 9.69 Å². The quantitative estimate of drug-likeness (QED) is 0.754. The number of rotatable bonds is 8. The third-order valence-corrected chi connectivity index (χ3v) is 2.98. The third-order valence-electron chi connectivity index (χ3n) is 2.98. The molecule has 106 valence electrons. The summed E-state index contributed by atoms with van der Waals surface area (Å²) >= 11 is 0. The van der Waals surface area contributed by atoms with Crippen LogP contribution in [0.3, 0.4) is 0 Å². The Balaban J connectivity index is 2.45. The van der Waals surface area contributed by atoms with E-state index >= 15 is 0 Å². The Morgan fingerprint density at radius 3 is 2.53 bits per heavy atom. The fourth-order valence-corrected chi connectivity index (χ4v) is 1.87. The first-order valence-electron chi connectivity index (χ1n) is 6.94. The second kappa shape index (κ2) is 8.67. The molecule has 3 N–H and O–H groups in total. The molecule has 0 fully saturated rings. The van der Waals surface area contributed by atoms with Crippen LogP contribution in [-0.4, -0.2) is 37.0 Å². The first-order chi connectivity index (χ1) is 9.15. The Hall–Kier alpha value is -1.39. The molecule has 0 spiro atoms. The maximum Gasteiger partial charge on any atom is 0.238 e. The first-order valence-corrected chi connectivity index (χ1v) is 6.94. The SMILES string of the molecule is CCCCN(CCN)CC(=O)Nc1ccc(C)cc1. The summed E-state index contributed by atoms with van der Waals surface area (Å²) in [5, 5.41) is 2.91. The number of carbonyl (C=O) groups is 1. The van der Waals surface area contributed by atoms with E-state index in [2.05, 4.69) is 17.1 Å². The molecule has 4 heteroatoms. The Kier molecular flexibility index (Phi) is 7.15. The molecule has 0 unspecified atom stereocenters. The number of nitrogens with one attached hydrogen (secondary N) is 1. The van der Waals surface area contributed by atoms with E-state index in [1.165, 1.54) is 5.56 Å². The molecule has 0 aliphatic carbocycles. The maximum absolute atomic E-state index is 12.0. The third kappa shape index (κ3) is 6.36. The van der Waals surface area contributed by atoms with Crippen LogP contribution in [0.4, 0.5) is 5.69 Å². The molecule has 0 aliphatic rings. The average molecular weight is 263 g/mol. The van der Waals surface area contributed by atoms with Crippen molar-refractivity contribution >= 4 is 11.6 Å². The molecule has 1 amide bonds. The summed E-state index contributed by atoms with van der Waals surface area (Å²) in [5.74, 6) is 0.0217. The summed E-state index contributed by atoms with van der Waals surface area (Å²) in [5.41, 5.74) is 7.60. The molecule has 1 aromatic rings. The fraction of sp³-hybridized carbons (Fsp3) is 0.533. The van der Waals surface area contributed by atoms with Crippen molar-refractivity contribution in [1.29, 1.82) is 0 Å². The lowest BCUT2D eigenvalue weighted by Gasteiger charge is -2.20. The average Bonchev–Trinajstić information content (AvgIpc) is 2.39. The van der Waals surface area contributed by atoms with Gasteiger partial charge in [-0.15, -0.1) is 0 Å². The van der Waals surface area contributed by atoms with Crippen LogP contribution in [0.5, 0.6) is 0 Å². The van der Waals surface area contributed by atoms with Gasteiger partial charge in [-0.1, -0.05) is 31.0 Å². The second-order valence-corrected chi connectivity index (χ2v) is 4.83. The summed E-state index contributed by atoms with van der Waals surface area (Å²) in [4.78, 5) is 14.1. The van der Waals surface area contributed by atoms with Crippen LogP contribution in [0.2, 0.25) is 0 Å². The molecule has 19 heavy (non-hydrogen) atoms. The van der Waals surface area contributed by atoms with E-state index in [9.17, 15) is 4.79 Å². The lowest BCUT2D eigenvalue weighted by molar-refractivity contribution is -0.117. The number of hydrogen-bond acceptors (Lipinski definition) is 3. The van der Waals surface area contributed by atoms with Gasteiger partial charge in [0.2, 0.25) is 5.91 Å². The highest BCUT2D eigenvalue weighted by Crippen LogP contribution is 2.08. The summed E-state index contributed by atoms with van der Waals surface area (Å²) in [6.07, 6.45) is 2.22.